The van der Waals surface area contributed by atoms with Crippen molar-refractivity contribution >= 4 is 59.0 Å². The maximum Gasteiger partial charge on any atom is 0.272 e. The molecule has 1 N–H and O–H groups in total. The van der Waals surface area contributed by atoms with Gasteiger partial charge in [-0.15, -0.1) is 11.3 Å². The molecular formula is C8H5Br2N3O2S2. The second-order valence-corrected chi connectivity index (χ2v) is 8.07. The van der Waals surface area contributed by atoms with Gasteiger partial charge in [-0.3, -0.25) is 4.72 Å². The Balaban J connectivity index is 2.26. The zero-order valence-corrected chi connectivity index (χ0v) is 12.9. The Hall–Kier alpha value is -0.510. The van der Waals surface area contributed by atoms with Crippen LogP contribution in [0.3, 0.4) is 0 Å². The molecule has 0 saturated heterocycles. The first kappa shape index (κ1) is 12.9. The molecule has 0 aromatic carbocycles. The third-order valence-electron chi connectivity index (χ3n) is 1.67. The van der Waals surface area contributed by atoms with Gasteiger partial charge in [0.1, 0.15) is 8.81 Å². The predicted octanol–water partition coefficient (Wildman–Crippen LogP) is 2.86. The Morgan fingerprint density at radius 1 is 1.18 bits per heavy atom. The van der Waals surface area contributed by atoms with Crippen molar-refractivity contribution in [3.8, 4) is 0 Å². The summed E-state index contributed by atoms with van der Waals surface area (Å²) in [6.45, 7) is 0. The van der Waals surface area contributed by atoms with E-state index in [2.05, 4.69) is 46.5 Å². The molecule has 90 valence electrons. The van der Waals surface area contributed by atoms with Gasteiger partial charge in [-0.2, -0.15) is 0 Å². The molecule has 0 radical (unpaired) electrons. The first-order chi connectivity index (χ1) is 7.97. The van der Waals surface area contributed by atoms with E-state index in [1.165, 1.54) is 18.5 Å². The summed E-state index contributed by atoms with van der Waals surface area (Å²) in [4.78, 5) is 7.77. The van der Waals surface area contributed by atoms with Crippen molar-refractivity contribution in [3.63, 3.8) is 0 Å². The Bertz CT molecular complexity index is 624. The highest BCUT2D eigenvalue weighted by molar-refractivity contribution is 9.11. The molecule has 0 saturated carbocycles. The summed E-state index contributed by atoms with van der Waals surface area (Å²) in [6, 6.07) is 3.19. The van der Waals surface area contributed by atoms with Gasteiger partial charge in [-0.05, 0) is 44.0 Å². The van der Waals surface area contributed by atoms with Gasteiger partial charge in [-0.1, -0.05) is 0 Å². The highest BCUT2D eigenvalue weighted by Gasteiger charge is 2.17. The highest BCUT2D eigenvalue weighted by Crippen LogP contribution is 2.27. The molecule has 0 spiro atoms. The van der Waals surface area contributed by atoms with E-state index in [9.17, 15) is 8.42 Å². The van der Waals surface area contributed by atoms with Crippen molar-refractivity contribution in [2.24, 2.45) is 0 Å². The van der Waals surface area contributed by atoms with Crippen LogP contribution in [-0.2, 0) is 10.0 Å². The fourth-order valence-corrected chi connectivity index (χ4v) is 4.20. The third kappa shape index (κ3) is 3.24. The van der Waals surface area contributed by atoms with Crippen molar-refractivity contribution in [1.82, 2.24) is 9.97 Å². The zero-order chi connectivity index (χ0) is 12.5. The van der Waals surface area contributed by atoms with Crippen molar-refractivity contribution in [3.05, 3.63) is 32.9 Å². The Morgan fingerprint density at radius 3 is 2.47 bits per heavy atom. The van der Waals surface area contributed by atoms with E-state index in [-0.39, 0.29) is 10.0 Å². The Kier molecular flexibility index (Phi) is 3.81. The van der Waals surface area contributed by atoms with E-state index >= 15 is 0 Å². The topological polar surface area (TPSA) is 72.0 Å². The molecule has 0 aliphatic carbocycles. The molecule has 2 aromatic rings. The summed E-state index contributed by atoms with van der Waals surface area (Å²) >= 11 is 7.46. The number of aromatic nitrogens is 2. The van der Waals surface area contributed by atoms with Crippen LogP contribution in [0.2, 0.25) is 0 Å². The number of halogens is 2. The van der Waals surface area contributed by atoms with E-state index in [1.807, 2.05) is 0 Å². The highest BCUT2D eigenvalue weighted by atomic mass is 79.9. The summed E-state index contributed by atoms with van der Waals surface area (Å²) in [6.07, 6.45) is 2.76. The van der Waals surface area contributed by atoms with Crippen LogP contribution in [0.1, 0.15) is 0 Å². The number of anilines is 1. The van der Waals surface area contributed by atoms with Crippen LogP contribution in [0.15, 0.2) is 37.1 Å². The standard InChI is InChI=1S/C8H5Br2N3O2S2/c9-5-3-12-7(4-11-5)13-17(14,15)8-2-1-6(10)16-8/h1-4H,(H,12,13). The van der Waals surface area contributed by atoms with Gasteiger partial charge < -0.3 is 0 Å². The molecule has 0 fully saturated rings. The summed E-state index contributed by atoms with van der Waals surface area (Å²) in [5.41, 5.74) is 0. The second-order valence-electron chi connectivity index (χ2n) is 2.89. The third-order valence-corrected chi connectivity index (χ3v) is 5.55. The molecule has 0 unspecified atom stereocenters. The number of thiophene rings is 1. The molecule has 0 amide bonds. The lowest BCUT2D eigenvalue weighted by atomic mass is 10.7. The van der Waals surface area contributed by atoms with Gasteiger partial charge in [0.2, 0.25) is 0 Å². The number of sulfonamides is 1. The number of hydrogen-bond acceptors (Lipinski definition) is 5. The van der Waals surface area contributed by atoms with Crippen LogP contribution < -0.4 is 4.72 Å². The first-order valence-electron chi connectivity index (χ1n) is 4.23. The lowest BCUT2D eigenvalue weighted by Crippen LogP contribution is -2.12. The first-order valence-corrected chi connectivity index (χ1v) is 8.12. The molecule has 0 bridgehead atoms. The molecule has 0 atom stereocenters. The normalized spacial score (nSPS) is 11.4. The summed E-state index contributed by atoms with van der Waals surface area (Å²) in [7, 11) is -3.58. The predicted molar refractivity (Wildman–Crippen MR) is 72.6 cm³/mol. The summed E-state index contributed by atoms with van der Waals surface area (Å²) in [5.74, 6) is 0.178. The van der Waals surface area contributed by atoms with Gasteiger partial charge in [0.05, 0.1) is 16.2 Å². The van der Waals surface area contributed by atoms with Crippen molar-refractivity contribution in [1.29, 1.82) is 0 Å². The fourth-order valence-electron chi connectivity index (χ4n) is 0.995. The Morgan fingerprint density at radius 2 is 1.94 bits per heavy atom. The molecule has 2 heterocycles. The minimum Gasteiger partial charge on any atom is -0.261 e. The maximum atomic E-state index is 11.9. The zero-order valence-electron chi connectivity index (χ0n) is 8.09. The molecular weight excluding hydrogens is 394 g/mol. The van der Waals surface area contributed by atoms with Crippen LogP contribution in [0.25, 0.3) is 0 Å². The average molecular weight is 399 g/mol. The number of nitrogens with zero attached hydrogens (tertiary/aromatic N) is 2. The summed E-state index contributed by atoms with van der Waals surface area (Å²) < 4.78 is 27.6. The molecule has 2 rings (SSSR count). The van der Waals surface area contributed by atoms with E-state index in [0.717, 1.165) is 15.1 Å². The molecule has 5 nitrogen and oxygen atoms in total. The number of hydrogen-bond donors (Lipinski definition) is 1. The number of rotatable bonds is 3. The van der Waals surface area contributed by atoms with E-state index < -0.39 is 10.0 Å². The largest absolute Gasteiger partial charge is 0.272 e. The number of nitrogens with one attached hydrogen (secondary N) is 1. The average Bonchev–Trinajstić information content (AvgIpc) is 2.69. The van der Waals surface area contributed by atoms with Gasteiger partial charge in [-0.25, -0.2) is 18.4 Å². The fraction of sp³-hybridized carbons (Fsp3) is 0. The monoisotopic (exact) mass is 397 g/mol. The Labute approximate surface area is 119 Å². The van der Waals surface area contributed by atoms with Gasteiger partial charge in [0, 0.05) is 0 Å². The van der Waals surface area contributed by atoms with E-state index in [1.54, 1.807) is 6.07 Å². The van der Waals surface area contributed by atoms with Crippen molar-refractivity contribution < 1.29 is 8.42 Å². The van der Waals surface area contributed by atoms with Crippen molar-refractivity contribution in [2.75, 3.05) is 4.72 Å². The van der Waals surface area contributed by atoms with Crippen LogP contribution in [0.4, 0.5) is 5.82 Å². The van der Waals surface area contributed by atoms with Crippen LogP contribution in [0.5, 0.6) is 0 Å². The summed E-state index contributed by atoms with van der Waals surface area (Å²) in [5, 5.41) is 0. The molecule has 17 heavy (non-hydrogen) atoms. The van der Waals surface area contributed by atoms with E-state index in [4.69, 9.17) is 0 Å². The maximum absolute atomic E-state index is 11.9. The van der Waals surface area contributed by atoms with Gasteiger partial charge in [0.25, 0.3) is 10.0 Å². The second kappa shape index (κ2) is 5.01. The van der Waals surface area contributed by atoms with Gasteiger partial charge in [0.15, 0.2) is 5.82 Å². The minimum absolute atomic E-state index is 0.178. The van der Waals surface area contributed by atoms with Crippen LogP contribution >= 0.6 is 43.2 Å². The smallest absolute Gasteiger partial charge is 0.261 e. The van der Waals surface area contributed by atoms with E-state index in [0.29, 0.717) is 4.60 Å². The molecule has 0 aliphatic heterocycles. The lowest BCUT2D eigenvalue weighted by molar-refractivity contribution is 0.603. The quantitative estimate of drug-likeness (QED) is 0.862. The minimum atomic E-state index is -3.58. The SMILES string of the molecule is O=S(=O)(Nc1cnc(Br)cn1)c1ccc(Br)s1. The molecule has 9 heteroatoms. The lowest BCUT2D eigenvalue weighted by Gasteiger charge is -2.04. The van der Waals surface area contributed by atoms with Crippen LogP contribution in [0, 0.1) is 0 Å². The molecule has 0 aliphatic rings. The van der Waals surface area contributed by atoms with Crippen LogP contribution in [-0.4, -0.2) is 18.4 Å². The van der Waals surface area contributed by atoms with Gasteiger partial charge >= 0.3 is 0 Å². The van der Waals surface area contributed by atoms with Crippen molar-refractivity contribution in [2.45, 2.75) is 4.21 Å². The molecule has 2 aromatic heterocycles.